The van der Waals surface area contributed by atoms with Crippen molar-refractivity contribution in [2.75, 3.05) is 13.7 Å². The molecule has 2 aliphatic rings. The van der Waals surface area contributed by atoms with Gasteiger partial charge in [-0.1, -0.05) is 18.2 Å². The minimum absolute atomic E-state index is 0.0515. The van der Waals surface area contributed by atoms with Gasteiger partial charge in [0.25, 0.3) is 0 Å². The first-order chi connectivity index (χ1) is 9.72. The van der Waals surface area contributed by atoms with E-state index in [2.05, 4.69) is 12.1 Å². The van der Waals surface area contributed by atoms with Crippen LogP contribution in [0.15, 0.2) is 24.3 Å². The van der Waals surface area contributed by atoms with E-state index in [9.17, 15) is 5.11 Å². The highest BCUT2D eigenvalue weighted by atomic mass is 16.5. The Hall–Kier alpha value is -1.06. The van der Waals surface area contributed by atoms with Crippen LogP contribution < -0.4 is 4.74 Å². The quantitative estimate of drug-likeness (QED) is 0.897. The fourth-order valence-corrected chi connectivity index (χ4v) is 3.56. The van der Waals surface area contributed by atoms with Gasteiger partial charge in [0.2, 0.25) is 0 Å². The van der Waals surface area contributed by atoms with E-state index in [-0.39, 0.29) is 11.7 Å². The summed E-state index contributed by atoms with van der Waals surface area (Å²) < 4.78 is 11.3. The van der Waals surface area contributed by atoms with E-state index in [1.165, 1.54) is 12.0 Å². The molecule has 1 aliphatic carbocycles. The number of benzene rings is 1. The molecule has 1 fully saturated rings. The Morgan fingerprint density at radius 1 is 1.40 bits per heavy atom. The number of hydrogen-bond acceptors (Lipinski definition) is 3. The topological polar surface area (TPSA) is 38.7 Å². The number of hydrogen-bond donors (Lipinski definition) is 1. The van der Waals surface area contributed by atoms with Crippen LogP contribution in [0.4, 0.5) is 0 Å². The van der Waals surface area contributed by atoms with E-state index in [0.29, 0.717) is 5.92 Å². The monoisotopic (exact) mass is 276 g/mol. The molecule has 110 valence electrons. The molecule has 3 rings (SSSR count). The van der Waals surface area contributed by atoms with Crippen LogP contribution in [0.2, 0.25) is 0 Å². The average Bonchev–Trinajstić information content (AvgIpc) is 2.43. The number of aliphatic hydroxyl groups excluding tert-OH is 1. The second-order valence-electron chi connectivity index (χ2n) is 6.21. The van der Waals surface area contributed by atoms with E-state index in [4.69, 9.17) is 9.47 Å². The molecule has 1 N–H and O–H groups in total. The zero-order valence-corrected chi connectivity index (χ0v) is 12.2. The van der Waals surface area contributed by atoms with Crippen molar-refractivity contribution in [1.82, 2.24) is 0 Å². The molecule has 1 aromatic rings. The van der Waals surface area contributed by atoms with Crippen LogP contribution in [0.1, 0.15) is 50.0 Å². The standard InChI is InChI=1S/C17H24O3/c1-19-17(8-4-9-17)12-14(18)11-13-7-10-20-16-6-3-2-5-15(13)16/h2-3,5-6,13-14,18H,4,7-12H2,1H3. The number of rotatable bonds is 5. The fraction of sp³-hybridized carbons (Fsp3) is 0.647. The van der Waals surface area contributed by atoms with Gasteiger partial charge in [-0.15, -0.1) is 0 Å². The third kappa shape index (κ3) is 2.70. The normalized spacial score (nSPS) is 25.2. The first-order valence-electron chi connectivity index (χ1n) is 7.67. The van der Waals surface area contributed by atoms with Gasteiger partial charge in [0, 0.05) is 13.5 Å². The molecule has 1 aliphatic heterocycles. The van der Waals surface area contributed by atoms with Gasteiger partial charge in [0.15, 0.2) is 0 Å². The zero-order valence-electron chi connectivity index (χ0n) is 12.2. The molecule has 1 saturated carbocycles. The van der Waals surface area contributed by atoms with E-state index in [1.807, 2.05) is 12.1 Å². The fourth-order valence-electron chi connectivity index (χ4n) is 3.56. The summed E-state index contributed by atoms with van der Waals surface area (Å²) >= 11 is 0. The molecular formula is C17H24O3. The maximum Gasteiger partial charge on any atom is 0.122 e. The molecule has 0 spiro atoms. The molecule has 20 heavy (non-hydrogen) atoms. The Bertz CT molecular complexity index is 448. The molecule has 2 unspecified atom stereocenters. The van der Waals surface area contributed by atoms with Crippen LogP contribution in [-0.4, -0.2) is 30.5 Å². The lowest BCUT2D eigenvalue weighted by atomic mass is 9.74. The molecule has 0 amide bonds. The maximum absolute atomic E-state index is 10.4. The summed E-state index contributed by atoms with van der Waals surface area (Å²) in [6, 6.07) is 8.21. The Balaban J connectivity index is 1.63. The Morgan fingerprint density at radius 3 is 2.90 bits per heavy atom. The molecule has 0 radical (unpaired) electrons. The first kappa shape index (κ1) is 13.9. The minimum atomic E-state index is -0.286. The number of ether oxygens (including phenoxy) is 2. The Labute approximate surface area is 120 Å². The molecule has 3 heteroatoms. The van der Waals surface area contributed by atoms with Crippen molar-refractivity contribution in [3.8, 4) is 5.75 Å². The summed E-state index contributed by atoms with van der Waals surface area (Å²) in [5, 5.41) is 10.4. The van der Waals surface area contributed by atoms with Crippen molar-refractivity contribution in [2.24, 2.45) is 0 Å². The highest BCUT2D eigenvalue weighted by Crippen LogP contribution is 2.42. The molecule has 0 saturated heterocycles. The molecule has 1 aromatic carbocycles. The first-order valence-corrected chi connectivity index (χ1v) is 7.67. The lowest BCUT2D eigenvalue weighted by Gasteiger charge is -2.42. The van der Waals surface area contributed by atoms with Gasteiger partial charge >= 0.3 is 0 Å². The largest absolute Gasteiger partial charge is 0.493 e. The second-order valence-corrected chi connectivity index (χ2v) is 6.21. The van der Waals surface area contributed by atoms with Crippen molar-refractivity contribution in [1.29, 1.82) is 0 Å². The molecule has 0 bridgehead atoms. The van der Waals surface area contributed by atoms with Crippen LogP contribution in [0.3, 0.4) is 0 Å². The van der Waals surface area contributed by atoms with Gasteiger partial charge < -0.3 is 14.6 Å². The molecule has 2 atom stereocenters. The van der Waals surface area contributed by atoms with E-state index in [0.717, 1.165) is 44.5 Å². The van der Waals surface area contributed by atoms with Gasteiger partial charge in [0.05, 0.1) is 18.3 Å². The Kier molecular flexibility index (Phi) is 3.99. The van der Waals surface area contributed by atoms with Crippen LogP contribution in [-0.2, 0) is 4.74 Å². The van der Waals surface area contributed by atoms with Crippen molar-refractivity contribution in [3.63, 3.8) is 0 Å². The van der Waals surface area contributed by atoms with Gasteiger partial charge in [-0.2, -0.15) is 0 Å². The predicted molar refractivity (Wildman–Crippen MR) is 78.1 cm³/mol. The number of methoxy groups -OCH3 is 1. The third-order valence-corrected chi connectivity index (χ3v) is 4.94. The van der Waals surface area contributed by atoms with Crippen molar-refractivity contribution >= 4 is 0 Å². The summed E-state index contributed by atoms with van der Waals surface area (Å²) in [7, 11) is 1.77. The summed E-state index contributed by atoms with van der Waals surface area (Å²) in [5.41, 5.74) is 1.20. The average molecular weight is 276 g/mol. The van der Waals surface area contributed by atoms with Crippen LogP contribution in [0, 0.1) is 0 Å². The van der Waals surface area contributed by atoms with Gasteiger partial charge in [-0.05, 0) is 49.7 Å². The SMILES string of the molecule is COC1(CC(O)CC2CCOc3ccccc32)CCC1. The lowest BCUT2D eigenvalue weighted by Crippen LogP contribution is -2.42. The highest BCUT2D eigenvalue weighted by Gasteiger charge is 2.39. The molecule has 0 aromatic heterocycles. The van der Waals surface area contributed by atoms with E-state index >= 15 is 0 Å². The predicted octanol–water partition coefficient (Wildman–Crippen LogP) is 3.26. The summed E-state index contributed by atoms with van der Waals surface area (Å²) in [4.78, 5) is 0. The number of fused-ring (bicyclic) bond motifs is 1. The van der Waals surface area contributed by atoms with Crippen molar-refractivity contribution < 1.29 is 14.6 Å². The van der Waals surface area contributed by atoms with E-state index in [1.54, 1.807) is 7.11 Å². The number of para-hydroxylation sites is 1. The smallest absolute Gasteiger partial charge is 0.122 e. The van der Waals surface area contributed by atoms with Gasteiger partial charge in [-0.25, -0.2) is 0 Å². The minimum Gasteiger partial charge on any atom is -0.493 e. The maximum atomic E-state index is 10.4. The van der Waals surface area contributed by atoms with Crippen LogP contribution in [0.25, 0.3) is 0 Å². The third-order valence-electron chi connectivity index (χ3n) is 4.94. The molecule has 3 nitrogen and oxygen atoms in total. The Morgan fingerprint density at radius 2 is 2.20 bits per heavy atom. The molecular weight excluding hydrogens is 252 g/mol. The van der Waals surface area contributed by atoms with Crippen LogP contribution >= 0.6 is 0 Å². The summed E-state index contributed by atoms with van der Waals surface area (Å²) in [6.07, 6.45) is 5.69. The van der Waals surface area contributed by atoms with Gasteiger partial charge in [0.1, 0.15) is 5.75 Å². The van der Waals surface area contributed by atoms with Gasteiger partial charge in [-0.3, -0.25) is 0 Å². The van der Waals surface area contributed by atoms with E-state index < -0.39 is 0 Å². The summed E-state index contributed by atoms with van der Waals surface area (Å²) in [6.45, 7) is 0.754. The number of aliphatic hydroxyl groups is 1. The second kappa shape index (κ2) is 5.74. The van der Waals surface area contributed by atoms with Crippen molar-refractivity contribution in [3.05, 3.63) is 29.8 Å². The van der Waals surface area contributed by atoms with Crippen LogP contribution in [0.5, 0.6) is 5.75 Å². The zero-order chi connectivity index (χ0) is 14.0. The highest BCUT2D eigenvalue weighted by molar-refractivity contribution is 5.37. The van der Waals surface area contributed by atoms with Crippen molar-refractivity contribution in [2.45, 2.75) is 56.1 Å². The summed E-state index contributed by atoms with van der Waals surface area (Å²) in [5.74, 6) is 1.39. The molecule has 1 heterocycles. The lowest BCUT2D eigenvalue weighted by molar-refractivity contribution is -0.101.